The van der Waals surface area contributed by atoms with Crippen molar-refractivity contribution in [2.24, 2.45) is 0 Å². The number of ether oxygens (including phenoxy) is 1. The summed E-state index contributed by atoms with van der Waals surface area (Å²) in [4.78, 5) is 12.0. The van der Waals surface area contributed by atoms with Crippen molar-refractivity contribution < 1.29 is 13.9 Å². The van der Waals surface area contributed by atoms with E-state index >= 15 is 0 Å². The lowest BCUT2D eigenvalue weighted by atomic mass is 10.1. The molecule has 1 amide bonds. The highest BCUT2D eigenvalue weighted by molar-refractivity contribution is 9.10. The van der Waals surface area contributed by atoms with Gasteiger partial charge in [0, 0.05) is 11.0 Å². The highest BCUT2D eigenvalue weighted by atomic mass is 79.9. The first-order chi connectivity index (χ1) is 10.5. The van der Waals surface area contributed by atoms with E-state index in [1.165, 1.54) is 12.1 Å². The molecule has 1 atom stereocenters. The lowest BCUT2D eigenvalue weighted by Gasteiger charge is -2.14. The SMILES string of the molecule is CC(Oc1ccc(Br)cc1)C(=O)NCCc1ccc(F)cc1. The summed E-state index contributed by atoms with van der Waals surface area (Å²) in [6.07, 6.45) is 0.0752. The van der Waals surface area contributed by atoms with Gasteiger partial charge in [-0.3, -0.25) is 4.79 Å². The third kappa shape index (κ3) is 5.15. The standard InChI is InChI=1S/C17H17BrFNO2/c1-12(22-16-8-4-14(18)5-9-16)17(21)20-11-10-13-2-6-15(19)7-3-13/h2-9,12H,10-11H2,1H3,(H,20,21). The van der Waals surface area contributed by atoms with Crippen LogP contribution in [0.4, 0.5) is 4.39 Å². The summed E-state index contributed by atoms with van der Waals surface area (Å²) in [5.41, 5.74) is 0.975. The van der Waals surface area contributed by atoms with E-state index in [1.807, 2.05) is 12.1 Å². The lowest BCUT2D eigenvalue weighted by molar-refractivity contribution is -0.127. The Morgan fingerprint density at radius 1 is 1.18 bits per heavy atom. The molecule has 5 heteroatoms. The van der Waals surface area contributed by atoms with E-state index in [2.05, 4.69) is 21.2 Å². The molecule has 116 valence electrons. The van der Waals surface area contributed by atoms with Gasteiger partial charge in [0.15, 0.2) is 6.10 Å². The average Bonchev–Trinajstić information content (AvgIpc) is 2.51. The van der Waals surface area contributed by atoms with Crippen molar-refractivity contribution in [2.45, 2.75) is 19.4 Å². The van der Waals surface area contributed by atoms with E-state index in [1.54, 1.807) is 31.2 Å². The predicted molar refractivity (Wildman–Crippen MR) is 87.3 cm³/mol. The van der Waals surface area contributed by atoms with Gasteiger partial charge in [0.1, 0.15) is 11.6 Å². The fraction of sp³-hybridized carbons (Fsp3) is 0.235. The van der Waals surface area contributed by atoms with Gasteiger partial charge in [-0.1, -0.05) is 28.1 Å². The van der Waals surface area contributed by atoms with Crippen LogP contribution in [-0.4, -0.2) is 18.6 Å². The van der Waals surface area contributed by atoms with E-state index < -0.39 is 6.10 Å². The van der Waals surface area contributed by atoms with Crippen LogP contribution in [0, 0.1) is 5.82 Å². The van der Waals surface area contributed by atoms with Gasteiger partial charge in [-0.15, -0.1) is 0 Å². The van der Waals surface area contributed by atoms with E-state index in [9.17, 15) is 9.18 Å². The number of nitrogens with one attached hydrogen (secondary N) is 1. The lowest BCUT2D eigenvalue weighted by Crippen LogP contribution is -2.37. The van der Waals surface area contributed by atoms with Gasteiger partial charge in [0.25, 0.3) is 5.91 Å². The number of amides is 1. The number of halogens is 2. The Hall–Kier alpha value is -1.88. The quantitative estimate of drug-likeness (QED) is 0.847. The summed E-state index contributed by atoms with van der Waals surface area (Å²) in [7, 11) is 0. The van der Waals surface area contributed by atoms with Gasteiger partial charge in [0.2, 0.25) is 0 Å². The third-order valence-corrected chi connectivity index (χ3v) is 3.65. The minimum atomic E-state index is -0.575. The van der Waals surface area contributed by atoms with Crippen molar-refractivity contribution in [3.05, 3.63) is 64.4 Å². The second kappa shape index (κ2) is 7.94. The van der Waals surface area contributed by atoms with Crippen LogP contribution in [0.3, 0.4) is 0 Å². The molecule has 1 unspecified atom stereocenters. The Balaban J connectivity index is 1.76. The molecular formula is C17H17BrFNO2. The number of hydrogen-bond donors (Lipinski definition) is 1. The van der Waals surface area contributed by atoms with Crippen LogP contribution in [0.2, 0.25) is 0 Å². The zero-order valence-corrected chi connectivity index (χ0v) is 13.8. The molecule has 0 aliphatic rings. The highest BCUT2D eigenvalue weighted by Crippen LogP contribution is 2.17. The van der Waals surface area contributed by atoms with Crippen molar-refractivity contribution in [1.29, 1.82) is 0 Å². The molecule has 2 aromatic rings. The molecule has 0 aromatic heterocycles. The third-order valence-electron chi connectivity index (χ3n) is 3.12. The predicted octanol–water partition coefficient (Wildman–Crippen LogP) is 3.71. The molecule has 3 nitrogen and oxygen atoms in total. The van der Waals surface area contributed by atoms with Crippen LogP contribution in [0.1, 0.15) is 12.5 Å². The molecule has 1 N–H and O–H groups in total. The van der Waals surface area contributed by atoms with E-state index in [-0.39, 0.29) is 11.7 Å². The summed E-state index contributed by atoms with van der Waals surface area (Å²) < 4.78 is 19.3. The maximum absolute atomic E-state index is 12.8. The second-order valence-electron chi connectivity index (χ2n) is 4.88. The normalized spacial score (nSPS) is 11.8. The number of carbonyl (C=O) groups is 1. The van der Waals surface area contributed by atoms with Crippen molar-refractivity contribution >= 4 is 21.8 Å². The first-order valence-electron chi connectivity index (χ1n) is 6.99. The van der Waals surface area contributed by atoms with Gasteiger partial charge < -0.3 is 10.1 Å². The van der Waals surface area contributed by atoms with Crippen molar-refractivity contribution in [2.75, 3.05) is 6.54 Å². The molecule has 2 aromatic carbocycles. The molecule has 0 saturated carbocycles. The zero-order valence-electron chi connectivity index (χ0n) is 12.2. The first kappa shape index (κ1) is 16.5. The molecule has 0 spiro atoms. The maximum Gasteiger partial charge on any atom is 0.260 e. The zero-order chi connectivity index (χ0) is 15.9. The molecule has 0 fully saturated rings. The first-order valence-corrected chi connectivity index (χ1v) is 7.78. The second-order valence-corrected chi connectivity index (χ2v) is 5.80. The molecule has 0 saturated heterocycles. The molecule has 0 aliphatic heterocycles. The molecule has 0 aliphatic carbocycles. The highest BCUT2D eigenvalue weighted by Gasteiger charge is 2.13. The average molecular weight is 366 g/mol. The minimum absolute atomic E-state index is 0.176. The van der Waals surface area contributed by atoms with Gasteiger partial charge in [-0.25, -0.2) is 4.39 Å². The van der Waals surface area contributed by atoms with Gasteiger partial charge in [-0.05, 0) is 55.3 Å². The molecule has 22 heavy (non-hydrogen) atoms. The fourth-order valence-electron chi connectivity index (χ4n) is 1.90. The van der Waals surface area contributed by atoms with Crippen LogP contribution >= 0.6 is 15.9 Å². The van der Waals surface area contributed by atoms with Gasteiger partial charge >= 0.3 is 0 Å². The topological polar surface area (TPSA) is 38.3 Å². The summed E-state index contributed by atoms with van der Waals surface area (Å²) in [5.74, 6) is 0.207. The Labute approximate surface area is 137 Å². The minimum Gasteiger partial charge on any atom is -0.481 e. The van der Waals surface area contributed by atoms with E-state index in [0.717, 1.165) is 10.0 Å². The Morgan fingerprint density at radius 3 is 2.45 bits per heavy atom. The van der Waals surface area contributed by atoms with Crippen molar-refractivity contribution in [3.63, 3.8) is 0 Å². The van der Waals surface area contributed by atoms with E-state index in [4.69, 9.17) is 4.74 Å². The summed E-state index contributed by atoms with van der Waals surface area (Å²) in [5, 5.41) is 2.81. The summed E-state index contributed by atoms with van der Waals surface area (Å²) in [6.45, 7) is 2.19. The van der Waals surface area contributed by atoms with Crippen molar-refractivity contribution in [3.8, 4) is 5.75 Å². The number of rotatable bonds is 6. The summed E-state index contributed by atoms with van der Waals surface area (Å²) >= 11 is 3.34. The Morgan fingerprint density at radius 2 is 1.82 bits per heavy atom. The maximum atomic E-state index is 12.8. The van der Waals surface area contributed by atoms with E-state index in [0.29, 0.717) is 18.7 Å². The molecular weight excluding hydrogens is 349 g/mol. The number of hydrogen-bond acceptors (Lipinski definition) is 2. The monoisotopic (exact) mass is 365 g/mol. The van der Waals surface area contributed by atoms with Crippen LogP contribution in [0.25, 0.3) is 0 Å². The molecule has 2 rings (SSSR count). The molecule has 0 radical (unpaired) electrons. The fourth-order valence-corrected chi connectivity index (χ4v) is 2.16. The van der Waals surface area contributed by atoms with Crippen LogP contribution in [0.15, 0.2) is 53.0 Å². The van der Waals surface area contributed by atoms with Crippen LogP contribution in [0.5, 0.6) is 5.75 Å². The number of benzene rings is 2. The van der Waals surface area contributed by atoms with Crippen LogP contribution in [-0.2, 0) is 11.2 Å². The van der Waals surface area contributed by atoms with Crippen LogP contribution < -0.4 is 10.1 Å². The smallest absolute Gasteiger partial charge is 0.260 e. The van der Waals surface area contributed by atoms with Gasteiger partial charge in [0.05, 0.1) is 0 Å². The van der Waals surface area contributed by atoms with Crippen molar-refractivity contribution in [1.82, 2.24) is 5.32 Å². The number of carbonyl (C=O) groups excluding carboxylic acids is 1. The van der Waals surface area contributed by atoms with Gasteiger partial charge in [-0.2, -0.15) is 0 Å². The largest absolute Gasteiger partial charge is 0.481 e. The summed E-state index contributed by atoms with van der Waals surface area (Å²) in [6, 6.07) is 13.6. The Kier molecular flexibility index (Phi) is 5.95. The molecule has 0 heterocycles. The molecule has 0 bridgehead atoms. The Bertz CT molecular complexity index is 614.